The molecule has 0 saturated carbocycles. The molecule has 1 heterocycles. The number of nitrogens with one attached hydrogen (secondary N) is 1. The first-order chi connectivity index (χ1) is 7.20. The van der Waals surface area contributed by atoms with E-state index < -0.39 is 0 Å². The van der Waals surface area contributed by atoms with Crippen LogP contribution in [0.3, 0.4) is 0 Å². The van der Waals surface area contributed by atoms with E-state index in [4.69, 9.17) is 16.3 Å². The molecule has 80 valence electrons. The van der Waals surface area contributed by atoms with Crippen molar-refractivity contribution in [2.24, 2.45) is 0 Å². The average Bonchev–Trinajstić information content (AvgIpc) is 2.27. The molecule has 1 amide bonds. The van der Waals surface area contributed by atoms with Crippen molar-refractivity contribution in [1.82, 2.24) is 0 Å². The number of fused-ring (bicyclic) bond motifs is 1. The van der Waals surface area contributed by atoms with E-state index in [0.717, 1.165) is 12.0 Å². The van der Waals surface area contributed by atoms with Crippen molar-refractivity contribution in [3.05, 3.63) is 23.8 Å². The predicted octanol–water partition coefficient (Wildman–Crippen LogP) is 2.71. The third-order valence-electron chi connectivity index (χ3n) is 2.36. The van der Waals surface area contributed by atoms with Gasteiger partial charge in [-0.25, -0.2) is 0 Å². The van der Waals surface area contributed by atoms with Gasteiger partial charge < -0.3 is 10.1 Å². The van der Waals surface area contributed by atoms with Crippen LogP contribution in [-0.2, 0) is 4.79 Å². The molecule has 3 nitrogen and oxygen atoms in total. The van der Waals surface area contributed by atoms with Crippen LogP contribution in [0, 0.1) is 0 Å². The standard InChI is InChI=1S/C11H12ClNO2/c1-2-8(12)7-3-4-10-9(5-7)13-11(14)6-15-10/h3-5,8H,2,6H2,1H3,(H,13,14). The molecule has 0 saturated heterocycles. The molecule has 4 heteroatoms. The molecule has 0 aromatic heterocycles. The van der Waals surface area contributed by atoms with Crippen LogP contribution >= 0.6 is 11.6 Å². The highest BCUT2D eigenvalue weighted by molar-refractivity contribution is 6.20. The zero-order chi connectivity index (χ0) is 10.8. The minimum atomic E-state index is -0.123. The Labute approximate surface area is 93.4 Å². The van der Waals surface area contributed by atoms with E-state index in [1.165, 1.54) is 0 Å². The number of hydrogen-bond donors (Lipinski definition) is 1. The van der Waals surface area contributed by atoms with Gasteiger partial charge in [0.2, 0.25) is 0 Å². The van der Waals surface area contributed by atoms with Crippen LogP contribution in [0.15, 0.2) is 18.2 Å². The quantitative estimate of drug-likeness (QED) is 0.786. The third kappa shape index (κ3) is 2.07. The molecule has 0 radical (unpaired) electrons. The lowest BCUT2D eigenvalue weighted by Crippen LogP contribution is -2.25. The van der Waals surface area contributed by atoms with Crippen LogP contribution in [0.1, 0.15) is 24.3 Å². The summed E-state index contributed by atoms with van der Waals surface area (Å²) in [7, 11) is 0. The molecule has 0 fully saturated rings. The van der Waals surface area contributed by atoms with E-state index in [9.17, 15) is 4.79 Å². The van der Waals surface area contributed by atoms with E-state index in [2.05, 4.69) is 5.32 Å². The van der Waals surface area contributed by atoms with Gasteiger partial charge in [-0.15, -0.1) is 11.6 Å². The van der Waals surface area contributed by atoms with Crippen LogP contribution < -0.4 is 10.1 Å². The lowest BCUT2D eigenvalue weighted by molar-refractivity contribution is -0.118. The molecule has 1 aromatic carbocycles. The van der Waals surface area contributed by atoms with Crippen molar-refractivity contribution < 1.29 is 9.53 Å². The molecule has 1 aliphatic heterocycles. The second-order valence-corrected chi connectivity index (χ2v) is 4.00. The number of benzene rings is 1. The summed E-state index contributed by atoms with van der Waals surface area (Å²) >= 11 is 6.12. The zero-order valence-corrected chi connectivity index (χ0v) is 9.17. The monoisotopic (exact) mass is 225 g/mol. The number of anilines is 1. The second kappa shape index (κ2) is 4.11. The number of carbonyl (C=O) groups is 1. The summed E-state index contributed by atoms with van der Waals surface area (Å²) in [6.07, 6.45) is 0.856. The molecule has 1 unspecified atom stereocenters. The fourth-order valence-electron chi connectivity index (χ4n) is 1.53. The molecular formula is C11H12ClNO2. The van der Waals surface area contributed by atoms with E-state index in [1.807, 2.05) is 25.1 Å². The van der Waals surface area contributed by atoms with Crippen LogP contribution in [-0.4, -0.2) is 12.5 Å². The highest BCUT2D eigenvalue weighted by atomic mass is 35.5. The maximum Gasteiger partial charge on any atom is 0.262 e. The van der Waals surface area contributed by atoms with E-state index in [0.29, 0.717) is 11.4 Å². The molecule has 0 spiro atoms. The highest BCUT2D eigenvalue weighted by Gasteiger charge is 2.17. The van der Waals surface area contributed by atoms with Crippen molar-refractivity contribution in [3.8, 4) is 5.75 Å². The molecule has 1 aromatic rings. The van der Waals surface area contributed by atoms with Gasteiger partial charge in [-0.1, -0.05) is 13.0 Å². The van der Waals surface area contributed by atoms with Gasteiger partial charge in [-0.3, -0.25) is 4.79 Å². The van der Waals surface area contributed by atoms with E-state index >= 15 is 0 Å². The average molecular weight is 226 g/mol. The van der Waals surface area contributed by atoms with Crippen LogP contribution in [0.5, 0.6) is 5.75 Å². The van der Waals surface area contributed by atoms with Crippen molar-refractivity contribution >= 4 is 23.2 Å². The fourth-order valence-corrected chi connectivity index (χ4v) is 1.67. The van der Waals surface area contributed by atoms with Gasteiger partial charge in [0.15, 0.2) is 6.61 Å². The largest absolute Gasteiger partial charge is 0.482 e. The van der Waals surface area contributed by atoms with Gasteiger partial charge in [0.25, 0.3) is 5.91 Å². The lowest BCUT2D eigenvalue weighted by atomic mass is 10.1. The number of hydrogen-bond acceptors (Lipinski definition) is 2. The Balaban J connectivity index is 2.32. The number of amides is 1. The Hall–Kier alpha value is -1.22. The fraction of sp³-hybridized carbons (Fsp3) is 0.364. The Bertz CT molecular complexity index is 392. The van der Waals surface area contributed by atoms with Gasteiger partial charge in [0.05, 0.1) is 11.1 Å². The van der Waals surface area contributed by atoms with Gasteiger partial charge in [-0.05, 0) is 24.1 Å². The van der Waals surface area contributed by atoms with Gasteiger partial charge in [-0.2, -0.15) is 0 Å². The zero-order valence-electron chi connectivity index (χ0n) is 8.42. The summed E-state index contributed by atoms with van der Waals surface area (Å²) < 4.78 is 5.25. The van der Waals surface area contributed by atoms with Gasteiger partial charge in [0, 0.05) is 0 Å². The highest BCUT2D eigenvalue weighted by Crippen LogP contribution is 2.33. The van der Waals surface area contributed by atoms with Crippen molar-refractivity contribution in [1.29, 1.82) is 0 Å². The number of ether oxygens (including phenoxy) is 1. The lowest BCUT2D eigenvalue weighted by Gasteiger charge is -2.19. The van der Waals surface area contributed by atoms with Crippen molar-refractivity contribution in [3.63, 3.8) is 0 Å². The van der Waals surface area contributed by atoms with Gasteiger partial charge in [0.1, 0.15) is 5.75 Å². The first-order valence-electron chi connectivity index (χ1n) is 4.91. The van der Waals surface area contributed by atoms with Crippen LogP contribution in [0.25, 0.3) is 0 Å². The van der Waals surface area contributed by atoms with Crippen LogP contribution in [0.2, 0.25) is 0 Å². The summed E-state index contributed by atoms with van der Waals surface area (Å²) in [4.78, 5) is 11.1. The molecule has 2 rings (SSSR count). The molecule has 0 aliphatic carbocycles. The first kappa shape index (κ1) is 10.3. The van der Waals surface area contributed by atoms with Gasteiger partial charge >= 0.3 is 0 Å². The summed E-state index contributed by atoms with van der Waals surface area (Å²) in [5, 5.41) is 2.74. The van der Waals surface area contributed by atoms with Crippen molar-refractivity contribution in [2.75, 3.05) is 11.9 Å². The maximum absolute atomic E-state index is 11.1. The normalized spacial score (nSPS) is 16.3. The Morgan fingerprint density at radius 3 is 3.13 bits per heavy atom. The third-order valence-corrected chi connectivity index (χ3v) is 2.92. The summed E-state index contributed by atoms with van der Waals surface area (Å²) in [5.41, 5.74) is 1.71. The minimum Gasteiger partial charge on any atom is -0.482 e. The topological polar surface area (TPSA) is 38.3 Å². The SMILES string of the molecule is CCC(Cl)c1ccc2c(c1)NC(=O)CO2. The number of alkyl halides is 1. The molecule has 1 N–H and O–H groups in total. The second-order valence-electron chi connectivity index (χ2n) is 3.47. The smallest absolute Gasteiger partial charge is 0.262 e. The Morgan fingerprint density at radius 2 is 2.40 bits per heavy atom. The summed E-state index contributed by atoms with van der Waals surface area (Å²) in [6.45, 7) is 2.11. The number of halogens is 1. The van der Waals surface area contributed by atoms with E-state index in [1.54, 1.807) is 0 Å². The van der Waals surface area contributed by atoms with Crippen LogP contribution in [0.4, 0.5) is 5.69 Å². The van der Waals surface area contributed by atoms with Crippen molar-refractivity contribution in [2.45, 2.75) is 18.7 Å². The van der Waals surface area contributed by atoms with E-state index in [-0.39, 0.29) is 17.9 Å². The summed E-state index contributed by atoms with van der Waals surface area (Å²) in [5.74, 6) is 0.584. The molecule has 15 heavy (non-hydrogen) atoms. The summed E-state index contributed by atoms with van der Waals surface area (Å²) in [6, 6.07) is 5.64. The maximum atomic E-state index is 11.1. The Kier molecular flexibility index (Phi) is 2.82. The molecule has 0 bridgehead atoms. The number of carbonyl (C=O) groups excluding carboxylic acids is 1. The number of rotatable bonds is 2. The molecule has 1 aliphatic rings. The molecular weight excluding hydrogens is 214 g/mol. The Morgan fingerprint density at radius 1 is 1.60 bits per heavy atom. The predicted molar refractivity (Wildman–Crippen MR) is 59.5 cm³/mol. The minimum absolute atomic E-state index is 0.0193. The first-order valence-corrected chi connectivity index (χ1v) is 5.35. The molecule has 1 atom stereocenters.